The molecule has 1 radical (unpaired) electrons. The van der Waals surface area contributed by atoms with E-state index in [0.717, 1.165) is 60.1 Å². The first kappa shape index (κ1) is 33.2. The Morgan fingerprint density at radius 2 is 1.62 bits per heavy atom. The van der Waals surface area contributed by atoms with Crippen LogP contribution in [0.2, 0.25) is 17.3 Å². The third kappa shape index (κ3) is 8.66. The van der Waals surface area contributed by atoms with Gasteiger partial charge >= 0.3 is 134 Å². The number of benzene rings is 2. The number of hydrogen-bond donors (Lipinski definition) is 0. The summed E-state index contributed by atoms with van der Waals surface area (Å²) in [5, 5.41) is 1.95. The molecule has 0 atom stereocenters. The molecular formula is C43H44GeIrN4O-2. The van der Waals surface area contributed by atoms with Crippen LogP contribution in [0.4, 0.5) is 0 Å². The monoisotopic (exact) mass is 902 g/mol. The molecule has 0 unspecified atom stereocenters. The average Bonchev–Trinajstić information content (AvgIpc) is 3.49. The minimum absolute atomic E-state index is 0. The molecule has 0 bridgehead atoms. The first-order valence-electron chi connectivity index (χ1n) is 18.0. The van der Waals surface area contributed by atoms with E-state index in [-0.39, 0.29) is 20.1 Å². The standard InChI is InChI=1S/C25H19N2O.C18H25GeN2.Ir/c1-16(2)18-13-14-26-23(15-18)21-10-6-9-19-20-11-12-22(17-7-4-3-5-8-17)27-25(20)28-24(19)21;1-18(2,3)11-15-10-17(14-8-7-9-20-12-14)21-13-16(15)19(4,5)6;/h3-9,11-16H,1-2H3;7,9-10,12-13H,11H2,1-6H3;/q2*-1;/i16D;11D2;. The van der Waals surface area contributed by atoms with Crippen molar-refractivity contribution in [3.8, 4) is 33.8 Å². The molecule has 5 aromatic heterocycles. The maximum Gasteiger partial charge on any atom is 0 e. The van der Waals surface area contributed by atoms with Gasteiger partial charge in [-0.15, -0.1) is 18.2 Å². The Hall–Kier alpha value is -3.97. The van der Waals surface area contributed by atoms with Crippen molar-refractivity contribution in [3.05, 3.63) is 127 Å². The molecule has 7 aromatic rings. The molecule has 5 nitrogen and oxygen atoms in total. The van der Waals surface area contributed by atoms with Gasteiger partial charge in [0, 0.05) is 38.6 Å². The van der Waals surface area contributed by atoms with E-state index in [0.29, 0.717) is 11.3 Å². The van der Waals surface area contributed by atoms with Crippen LogP contribution in [-0.4, -0.2) is 33.2 Å². The third-order valence-electron chi connectivity index (χ3n) is 8.06. The molecule has 5 heterocycles. The van der Waals surface area contributed by atoms with Gasteiger partial charge in [-0.05, 0) is 29.8 Å². The summed E-state index contributed by atoms with van der Waals surface area (Å²) in [4.78, 5) is 18.0. The van der Waals surface area contributed by atoms with Gasteiger partial charge in [-0.25, -0.2) is 4.98 Å². The van der Waals surface area contributed by atoms with Crippen molar-refractivity contribution >= 4 is 39.7 Å². The van der Waals surface area contributed by atoms with E-state index in [1.807, 2.05) is 108 Å². The minimum atomic E-state index is -2.26. The van der Waals surface area contributed by atoms with E-state index in [4.69, 9.17) is 13.5 Å². The van der Waals surface area contributed by atoms with Crippen LogP contribution in [0.25, 0.3) is 55.8 Å². The molecule has 2 aromatic carbocycles. The number of aromatic nitrogens is 4. The molecule has 0 N–H and O–H groups in total. The second-order valence-electron chi connectivity index (χ2n) is 14.4. The van der Waals surface area contributed by atoms with Gasteiger partial charge in [0.15, 0.2) is 0 Å². The van der Waals surface area contributed by atoms with E-state index in [1.165, 1.54) is 0 Å². The molecule has 7 rings (SSSR count). The summed E-state index contributed by atoms with van der Waals surface area (Å²) in [6.45, 7) is 9.58. The van der Waals surface area contributed by atoms with E-state index in [1.54, 1.807) is 24.7 Å². The predicted molar refractivity (Wildman–Crippen MR) is 206 cm³/mol. The number of rotatable bonds is 6. The van der Waals surface area contributed by atoms with Gasteiger partial charge in [0.05, 0.1) is 11.3 Å². The Balaban J connectivity index is 0.000000207. The summed E-state index contributed by atoms with van der Waals surface area (Å²) in [6, 6.07) is 31.9. The molecule has 50 heavy (non-hydrogen) atoms. The van der Waals surface area contributed by atoms with Gasteiger partial charge in [0.25, 0.3) is 0 Å². The Morgan fingerprint density at radius 3 is 2.30 bits per heavy atom. The van der Waals surface area contributed by atoms with Gasteiger partial charge < -0.3 is 9.40 Å². The first-order valence-corrected chi connectivity index (χ1v) is 23.9. The molecule has 0 saturated carbocycles. The largest absolute Gasteiger partial charge is 0 e. The first-order chi connectivity index (χ1) is 24.4. The zero-order valence-corrected chi connectivity index (χ0v) is 34.3. The molecule has 0 fully saturated rings. The van der Waals surface area contributed by atoms with Crippen molar-refractivity contribution in [2.45, 2.75) is 64.2 Å². The number of pyridine rings is 4. The van der Waals surface area contributed by atoms with Crippen LogP contribution in [0.5, 0.6) is 0 Å². The number of furan rings is 1. The van der Waals surface area contributed by atoms with Crippen LogP contribution in [-0.2, 0) is 26.5 Å². The SMILES string of the molecule is [2H]C(C)(C)c1ccnc(-c2[c-]ccc3c2oc2nc(-c4ccccc4)ccc23)c1.[2H]C([2H])(c1cc(-c2[c-]ccnc2)nc[c]1[Ge]([CH3])([CH3])[CH3])C(C)(C)C.[Ir]. The Morgan fingerprint density at radius 1 is 0.840 bits per heavy atom. The van der Waals surface area contributed by atoms with Gasteiger partial charge in [-0.1, -0.05) is 66.8 Å². The van der Waals surface area contributed by atoms with Gasteiger partial charge in [-0.2, -0.15) is 0 Å². The van der Waals surface area contributed by atoms with Crippen molar-refractivity contribution in [2.24, 2.45) is 5.41 Å². The second kappa shape index (κ2) is 15.5. The fourth-order valence-corrected chi connectivity index (χ4v) is 8.56. The predicted octanol–water partition coefficient (Wildman–Crippen LogP) is 10.7. The molecule has 0 aliphatic heterocycles. The molecule has 0 aliphatic rings. The summed E-state index contributed by atoms with van der Waals surface area (Å²) in [6.07, 6.45) is 5.59. The summed E-state index contributed by atoms with van der Waals surface area (Å²) in [7, 11) is 0. The van der Waals surface area contributed by atoms with E-state index >= 15 is 0 Å². The molecule has 0 amide bonds. The topological polar surface area (TPSA) is 64.7 Å². The van der Waals surface area contributed by atoms with E-state index < -0.39 is 30.9 Å². The maximum atomic E-state index is 8.74. The van der Waals surface area contributed by atoms with Crippen molar-refractivity contribution in [3.63, 3.8) is 0 Å². The van der Waals surface area contributed by atoms with Crippen LogP contribution in [0.15, 0.2) is 108 Å². The summed E-state index contributed by atoms with van der Waals surface area (Å²) >= 11 is -2.26. The fourth-order valence-electron chi connectivity index (χ4n) is 5.63. The smallest absolute Gasteiger partial charge is 0 e. The average molecular weight is 901 g/mol. The van der Waals surface area contributed by atoms with Gasteiger partial charge in [0.2, 0.25) is 5.71 Å². The van der Waals surface area contributed by atoms with E-state index in [2.05, 4.69) is 50.4 Å². The number of hydrogen-bond acceptors (Lipinski definition) is 5. The summed E-state index contributed by atoms with van der Waals surface area (Å²) in [5.41, 5.74) is 7.48. The molecule has 7 heteroatoms. The Bertz CT molecular complexity index is 2350. The molecular weight excluding hydrogens is 853 g/mol. The third-order valence-corrected chi connectivity index (χ3v) is 12.3. The normalized spacial score (nSPS) is 13.1. The number of fused-ring (bicyclic) bond motifs is 3. The fraction of sp³-hybridized carbons (Fsp3) is 0.256. The minimum Gasteiger partial charge on any atom is 0 e. The number of nitrogens with zero attached hydrogens (tertiary/aromatic N) is 4. The quantitative estimate of drug-likeness (QED) is 0.123. The zero-order valence-electron chi connectivity index (χ0n) is 32.8. The Kier molecular flexibility index (Phi) is 10.3. The molecule has 0 saturated heterocycles. The van der Waals surface area contributed by atoms with Crippen LogP contribution < -0.4 is 4.40 Å². The van der Waals surface area contributed by atoms with Crippen molar-refractivity contribution in [1.82, 2.24) is 19.9 Å². The van der Waals surface area contributed by atoms with E-state index in [9.17, 15) is 0 Å². The van der Waals surface area contributed by atoms with Crippen LogP contribution >= 0.6 is 0 Å². The van der Waals surface area contributed by atoms with Crippen LogP contribution in [0.1, 0.15) is 55.8 Å². The molecule has 0 spiro atoms. The van der Waals surface area contributed by atoms with Crippen LogP contribution in [0.3, 0.4) is 0 Å². The zero-order chi connectivity index (χ0) is 37.5. The van der Waals surface area contributed by atoms with Gasteiger partial charge in [0.1, 0.15) is 0 Å². The molecule has 257 valence electrons. The maximum absolute atomic E-state index is 8.74. The van der Waals surface area contributed by atoms with Gasteiger partial charge in [-0.3, -0.25) is 0 Å². The second-order valence-corrected chi connectivity index (χ2v) is 25.0. The van der Waals surface area contributed by atoms with Crippen molar-refractivity contribution in [2.75, 3.05) is 0 Å². The summed E-state index contributed by atoms with van der Waals surface area (Å²) in [5.74, 6) is 6.12. The molecule has 0 aliphatic carbocycles. The Labute approximate surface area is 317 Å². The van der Waals surface area contributed by atoms with Crippen molar-refractivity contribution < 1.29 is 28.6 Å². The van der Waals surface area contributed by atoms with Crippen LogP contribution in [0, 0.1) is 17.5 Å². The van der Waals surface area contributed by atoms with Crippen molar-refractivity contribution in [1.29, 1.82) is 0 Å². The summed E-state index contributed by atoms with van der Waals surface area (Å²) < 4.78 is 33.1.